The summed E-state index contributed by atoms with van der Waals surface area (Å²) in [5.41, 5.74) is 3.73. The number of fused-ring (bicyclic) bond motifs is 1. The topological polar surface area (TPSA) is 86.2 Å². The first-order chi connectivity index (χ1) is 17.0. The van der Waals surface area contributed by atoms with Crippen LogP contribution in [0.2, 0.25) is 5.02 Å². The summed E-state index contributed by atoms with van der Waals surface area (Å²) in [6.45, 7) is 0. The molecule has 0 saturated carbocycles. The molecule has 0 bridgehead atoms. The molecule has 0 atom stereocenters. The second-order valence-corrected chi connectivity index (χ2v) is 7.80. The number of amides is 1. The van der Waals surface area contributed by atoms with Crippen molar-refractivity contribution in [3.63, 3.8) is 0 Å². The van der Waals surface area contributed by atoms with Crippen molar-refractivity contribution < 1.29 is 23.8 Å². The summed E-state index contributed by atoms with van der Waals surface area (Å²) in [7, 11) is 3.01. The lowest BCUT2D eigenvalue weighted by Crippen LogP contribution is -2.18. The first-order valence-corrected chi connectivity index (χ1v) is 10.9. The molecule has 0 saturated heterocycles. The van der Waals surface area contributed by atoms with E-state index in [0.717, 1.165) is 10.8 Å². The Labute approximate surface area is 206 Å². The average molecular weight is 489 g/mol. The highest BCUT2D eigenvalue weighted by molar-refractivity contribution is 6.30. The van der Waals surface area contributed by atoms with Crippen molar-refractivity contribution >= 4 is 40.5 Å². The smallest absolute Gasteiger partial charge is 0.343 e. The van der Waals surface area contributed by atoms with Crippen molar-refractivity contribution in [1.29, 1.82) is 0 Å². The maximum absolute atomic E-state index is 12.7. The molecular weight excluding hydrogens is 468 g/mol. The van der Waals surface area contributed by atoms with Crippen molar-refractivity contribution in [2.24, 2.45) is 5.10 Å². The van der Waals surface area contributed by atoms with Crippen LogP contribution in [0.1, 0.15) is 26.3 Å². The molecule has 4 rings (SSSR count). The Morgan fingerprint density at radius 2 is 1.51 bits per heavy atom. The summed E-state index contributed by atoms with van der Waals surface area (Å²) >= 11 is 5.91. The Balaban J connectivity index is 1.60. The summed E-state index contributed by atoms with van der Waals surface area (Å²) < 4.78 is 16.1. The second-order valence-electron chi connectivity index (χ2n) is 7.36. The van der Waals surface area contributed by atoms with Crippen LogP contribution in [0.4, 0.5) is 0 Å². The van der Waals surface area contributed by atoms with Gasteiger partial charge in [0, 0.05) is 16.1 Å². The number of methoxy groups -OCH3 is 2. The molecule has 0 aliphatic heterocycles. The van der Waals surface area contributed by atoms with Gasteiger partial charge in [0.2, 0.25) is 0 Å². The van der Waals surface area contributed by atoms with Gasteiger partial charge in [0.25, 0.3) is 5.91 Å². The lowest BCUT2D eigenvalue weighted by Gasteiger charge is -2.11. The summed E-state index contributed by atoms with van der Waals surface area (Å²) in [6.07, 6.45) is 1.45. The number of halogens is 1. The number of carbonyl (C=O) groups is 2. The zero-order valence-corrected chi connectivity index (χ0v) is 19.7. The van der Waals surface area contributed by atoms with Gasteiger partial charge in [0.05, 0.1) is 26.0 Å². The van der Waals surface area contributed by atoms with Crippen molar-refractivity contribution in [3.05, 3.63) is 101 Å². The summed E-state index contributed by atoms with van der Waals surface area (Å²) in [6, 6.07) is 22.3. The number of ether oxygens (including phenoxy) is 3. The third-order valence-corrected chi connectivity index (χ3v) is 5.47. The van der Waals surface area contributed by atoms with Crippen molar-refractivity contribution in [1.82, 2.24) is 5.43 Å². The molecule has 0 spiro atoms. The number of carbonyl (C=O) groups excluding carboxylic acids is 2. The van der Waals surface area contributed by atoms with Crippen LogP contribution in [0.15, 0.2) is 84.0 Å². The Morgan fingerprint density at radius 3 is 2.26 bits per heavy atom. The molecule has 176 valence electrons. The van der Waals surface area contributed by atoms with Gasteiger partial charge in [-0.05, 0) is 59.3 Å². The number of hydrazone groups is 1. The highest BCUT2D eigenvalue weighted by atomic mass is 35.5. The molecule has 0 fully saturated rings. The number of hydrogen-bond acceptors (Lipinski definition) is 6. The number of nitrogens with zero attached hydrogens (tertiary/aromatic N) is 1. The lowest BCUT2D eigenvalue weighted by atomic mass is 10.0. The predicted octanol–water partition coefficient (Wildman–Crippen LogP) is 5.49. The zero-order valence-electron chi connectivity index (χ0n) is 18.9. The van der Waals surface area contributed by atoms with Crippen LogP contribution in [0, 0.1) is 0 Å². The molecule has 8 heteroatoms. The lowest BCUT2D eigenvalue weighted by molar-refractivity contribution is 0.0734. The van der Waals surface area contributed by atoms with Crippen LogP contribution in [0.5, 0.6) is 17.2 Å². The van der Waals surface area contributed by atoms with Gasteiger partial charge in [0.1, 0.15) is 5.75 Å². The van der Waals surface area contributed by atoms with E-state index in [1.807, 2.05) is 30.3 Å². The minimum atomic E-state index is -0.541. The fraction of sp³-hybridized carbons (Fsp3) is 0.0741. The van der Waals surface area contributed by atoms with Gasteiger partial charge in [-0.3, -0.25) is 4.79 Å². The van der Waals surface area contributed by atoms with Gasteiger partial charge in [0.15, 0.2) is 11.5 Å². The Hall–Kier alpha value is -4.36. The van der Waals surface area contributed by atoms with E-state index in [-0.39, 0.29) is 0 Å². The highest BCUT2D eigenvalue weighted by Crippen LogP contribution is 2.29. The number of hydrogen-bond donors (Lipinski definition) is 1. The molecule has 7 nitrogen and oxygen atoms in total. The van der Waals surface area contributed by atoms with Gasteiger partial charge in [-0.15, -0.1) is 0 Å². The predicted molar refractivity (Wildman–Crippen MR) is 135 cm³/mol. The normalized spacial score (nSPS) is 10.8. The molecule has 0 unspecified atom stereocenters. The van der Waals surface area contributed by atoms with Crippen LogP contribution in [-0.2, 0) is 0 Å². The van der Waals surface area contributed by atoms with Crippen molar-refractivity contribution in [2.75, 3.05) is 14.2 Å². The maximum atomic E-state index is 12.7. The van der Waals surface area contributed by atoms with Gasteiger partial charge in [-0.1, -0.05) is 41.9 Å². The van der Waals surface area contributed by atoms with Crippen molar-refractivity contribution in [2.45, 2.75) is 0 Å². The first kappa shape index (κ1) is 23.8. The summed E-state index contributed by atoms with van der Waals surface area (Å²) in [4.78, 5) is 25.3. The van der Waals surface area contributed by atoms with E-state index in [1.165, 1.54) is 20.4 Å². The molecule has 0 aromatic heterocycles. The van der Waals surface area contributed by atoms with Crippen LogP contribution in [0.3, 0.4) is 0 Å². The summed E-state index contributed by atoms with van der Waals surface area (Å²) in [5.74, 6) is 0.251. The SMILES string of the molecule is COc1ccc(C(=O)N/N=C/c2c(OC(=O)c3ccc(Cl)cc3)ccc3ccccc23)cc1OC. The van der Waals surface area contributed by atoms with Gasteiger partial charge < -0.3 is 14.2 Å². The van der Waals surface area contributed by atoms with E-state index in [4.69, 9.17) is 25.8 Å². The quantitative estimate of drug-likeness (QED) is 0.161. The van der Waals surface area contributed by atoms with Crippen LogP contribution in [0.25, 0.3) is 10.8 Å². The third kappa shape index (κ3) is 5.42. The van der Waals surface area contributed by atoms with Gasteiger partial charge in [-0.25, -0.2) is 10.2 Å². The zero-order chi connectivity index (χ0) is 24.8. The monoisotopic (exact) mass is 488 g/mol. The number of esters is 1. The number of rotatable bonds is 7. The van der Waals surface area contributed by atoms with E-state index >= 15 is 0 Å². The van der Waals surface area contributed by atoms with E-state index in [9.17, 15) is 9.59 Å². The van der Waals surface area contributed by atoms with E-state index < -0.39 is 11.9 Å². The van der Waals surface area contributed by atoms with Crippen LogP contribution in [-0.4, -0.2) is 32.3 Å². The second kappa shape index (κ2) is 10.7. The highest BCUT2D eigenvalue weighted by Gasteiger charge is 2.14. The molecule has 0 aliphatic carbocycles. The molecule has 1 amide bonds. The van der Waals surface area contributed by atoms with E-state index in [0.29, 0.717) is 39.0 Å². The van der Waals surface area contributed by atoms with Crippen LogP contribution >= 0.6 is 11.6 Å². The Kier molecular flexibility index (Phi) is 7.28. The molecular formula is C27H21ClN2O5. The average Bonchev–Trinajstić information content (AvgIpc) is 2.89. The molecule has 0 radical (unpaired) electrons. The van der Waals surface area contributed by atoms with Crippen LogP contribution < -0.4 is 19.6 Å². The van der Waals surface area contributed by atoms with E-state index in [2.05, 4.69) is 10.5 Å². The number of nitrogens with one attached hydrogen (secondary N) is 1. The molecule has 4 aromatic carbocycles. The maximum Gasteiger partial charge on any atom is 0.343 e. The minimum absolute atomic E-state index is 0.299. The van der Waals surface area contributed by atoms with Gasteiger partial charge >= 0.3 is 5.97 Å². The Bertz CT molecular complexity index is 1420. The fourth-order valence-electron chi connectivity index (χ4n) is 3.44. The van der Waals surface area contributed by atoms with Crippen molar-refractivity contribution in [3.8, 4) is 17.2 Å². The molecule has 35 heavy (non-hydrogen) atoms. The molecule has 1 N–H and O–H groups in total. The van der Waals surface area contributed by atoms with E-state index in [1.54, 1.807) is 48.5 Å². The fourth-order valence-corrected chi connectivity index (χ4v) is 3.57. The first-order valence-electron chi connectivity index (χ1n) is 10.5. The number of benzene rings is 4. The Morgan fingerprint density at radius 1 is 0.829 bits per heavy atom. The third-order valence-electron chi connectivity index (χ3n) is 5.22. The standard InChI is InChI=1S/C27H21ClN2O5/c1-33-24-14-10-19(15-25(24)34-2)26(31)30-29-16-22-21-6-4-3-5-17(21)9-13-23(22)35-27(32)18-7-11-20(28)12-8-18/h3-16H,1-2H3,(H,30,31)/b29-16+. The molecule has 0 heterocycles. The molecule has 0 aliphatic rings. The largest absolute Gasteiger partial charge is 0.493 e. The van der Waals surface area contributed by atoms with Gasteiger partial charge in [-0.2, -0.15) is 5.10 Å². The minimum Gasteiger partial charge on any atom is -0.493 e. The summed E-state index contributed by atoms with van der Waals surface area (Å²) in [5, 5.41) is 6.36. The molecule has 4 aromatic rings.